The lowest BCUT2D eigenvalue weighted by molar-refractivity contribution is 0.869. The van der Waals surface area contributed by atoms with Crippen molar-refractivity contribution in [2.45, 2.75) is 30.2 Å². The Morgan fingerprint density at radius 2 is 2.30 bits per heavy atom. The SMILES string of the molecule is Nc1nccc(Cl)c1CSc1nc2c(c(=O)[nH]1)CCC2. The van der Waals surface area contributed by atoms with E-state index in [4.69, 9.17) is 17.3 Å². The number of nitrogens with zero attached hydrogens (tertiary/aromatic N) is 2. The summed E-state index contributed by atoms with van der Waals surface area (Å²) in [7, 11) is 0. The lowest BCUT2D eigenvalue weighted by Crippen LogP contribution is -2.15. The van der Waals surface area contributed by atoms with E-state index < -0.39 is 0 Å². The summed E-state index contributed by atoms with van der Waals surface area (Å²) in [5.74, 6) is 0.939. The van der Waals surface area contributed by atoms with Gasteiger partial charge in [0.2, 0.25) is 0 Å². The van der Waals surface area contributed by atoms with Crippen molar-refractivity contribution < 1.29 is 0 Å². The number of pyridine rings is 1. The molecule has 20 heavy (non-hydrogen) atoms. The Labute approximate surface area is 125 Å². The van der Waals surface area contributed by atoms with Gasteiger partial charge >= 0.3 is 0 Å². The van der Waals surface area contributed by atoms with Crippen LogP contribution in [-0.2, 0) is 18.6 Å². The molecule has 5 nitrogen and oxygen atoms in total. The van der Waals surface area contributed by atoms with Crippen molar-refractivity contribution in [3.8, 4) is 0 Å². The van der Waals surface area contributed by atoms with Crippen molar-refractivity contribution in [1.29, 1.82) is 0 Å². The van der Waals surface area contributed by atoms with E-state index in [1.165, 1.54) is 11.8 Å². The Morgan fingerprint density at radius 1 is 1.45 bits per heavy atom. The van der Waals surface area contributed by atoms with Crippen molar-refractivity contribution in [3.63, 3.8) is 0 Å². The molecule has 2 aromatic heterocycles. The molecule has 2 heterocycles. The van der Waals surface area contributed by atoms with E-state index in [1.807, 2.05) is 0 Å². The van der Waals surface area contributed by atoms with Gasteiger partial charge in [-0.3, -0.25) is 4.79 Å². The molecule has 2 aromatic rings. The van der Waals surface area contributed by atoms with Crippen LogP contribution < -0.4 is 11.3 Å². The molecule has 3 N–H and O–H groups in total. The third kappa shape index (κ3) is 2.53. The van der Waals surface area contributed by atoms with E-state index in [-0.39, 0.29) is 5.56 Å². The smallest absolute Gasteiger partial charge is 0.254 e. The lowest BCUT2D eigenvalue weighted by atomic mass is 10.3. The van der Waals surface area contributed by atoms with Gasteiger partial charge in [-0.1, -0.05) is 23.4 Å². The molecule has 0 aromatic carbocycles. The molecule has 7 heteroatoms. The monoisotopic (exact) mass is 308 g/mol. The van der Waals surface area contributed by atoms with Gasteiger partial charge in [-0.25, -0.2) is 9.97 Å². The molecule has 1 aliphatic carbocycles. The van der Waals surface area contributed by atoms with Gasteiger partial charge in [0.15, 0.2) is 5.16 Å². The number of aromatic nitrogens is 3. The number of hydrogen-bond acceptors (Lipinski definition) is 5. The molecule has 0 bridgehead atoms. The number of nitrogen functional groups attached to an aromatic ring is 1. The van der Waals surface area contributed by atoms with Crippen molar-refractivity contribution >= 4 is 29.2 Å². The predicted molar refractivity (Wildman–Crippen MR) is 80.1 cm³/mol. The molecule has 0 saturated carbocycles. The minimum atomic E-state index is -0.0275. The van der Waals surface area contributed by atoms with E-state index in [2.05, 4.69) is 15.0 Å². The van der Waals surface area contributed by atoms with Crippen LogP contribution in [0.15, 0.2) is 22.2 Å². The summed E-state index contributed by atoms with van der Waals surface area (Å²) in [6.45, 7) is 0. The fourth-order valence-corrected chi connectivity index (χ4v) is 3.48. The standard InChI is InChI=1S/C13H13ClN4OS/c14-9-4-5-16-11(15)8(9)6-20-13-17-10-3-1-2-7(10)12(19)18-13/h4-5H,1-3,6H2,(H2,15,16)(H,17,18,19). The summed E-state index contributed by atoms with van der Waals surface area (Å²) in [4.78, 5) is 23.2. The quantitative estimate of drug-likeness (QED) is 0.670. The van der Waals surface area contributed by atoms with Crippen LogP contribution in [-0.4, -0.2) is 15.0 Å². The highest BCUT2D eigenvalue weighted by Gasteiger charge is 2.17. The zero-order chi connectivity index (χ0) is 14.1. The second-order valence-corrected chi connectivity index (χ2v) is 5.97. The van der Waals surface area contributed by atoms with Gasteiger partial charge in [0.05, 0.1) is 5.69 Å². The first-order valence-corrected chi connectivity index (χ1v) is 7.65. The van der Waals surface area contributed by atoms with Crippen LogP contribution in [0.25, 0.3) is 0 Å². The number of anilines is 1. The first-order chi connectivity index (χ1) is 9.65. The predicted octanol–water partition coefficient (Wildman–Crippen LogP) is 2.18. The molecule has 0 atom stereocenters. The fraction of sp³-hybridized carbons (Fsp3) is 0.308. The molecule has 0 amide bonds. The topological polar surface area (TPSA) is 84.7 Å². The van der Waals surface area contributed by atoms with Gasteiger partial charge in [0.25, 0.3) is 5.56 Å². The minimum absolute atomic E-state index is 0.0275. The first kappa shape index (κ1) is 13.5. The Morgan fingerprint density at radius 3 is 3.10 bits per heavy atom. The Bertz CT molecular complexity index is 696. The van der Waals surface area contributed by atoms with Gasteiger partial charge in [0.1, 0.15) is 5.82 Å². The zero-order valence-electron chi connectivity index (χ0n) is 10.6. The van der Waals surface area contributed by atoms with Crippen LogP contribution in [0.3, 0.4) is 0 Å². The molecule has 1 aliphatic rings. The normalized spacial score (nSPS) is 13.4. The molecule has 0 fully saturated rings. The fourth-order valence-electron chi connectivity index (χ4n) is 2.25. The van der Waals surface area contributed by atoms with Crippen LogP contribution in [0.1, 0.15) is 23.2 Å². The average Bonchev–Trinajstić information content (AvgIpc) is 2.87. The summed E-state index contributed by atoms with van der Waals surface area (Å²) < 4.78 is 0. The third-order valence-corrected chi connectivity index (χ3v) is 4.56. The zero-order valence-corrected chi connectivity index (χ0v) is 12.2. The first-order valence-electron chi connectivity index (χ1n) is 6.29. The maximum absolute atomic E-state index is 11.9. The maximum Gasteiger partial charge on any atom is 0.254 e. The van der Waals surface area contributed by atoms with E-state index in [1.54, 1.807) is 12.3 Å². The molecule has 0 spiro atoms. The number of aromatic amines is 1. The average molecular weight is 309 g/mol. The molecule has 104 valence electrons. The van der Waals surface area contributed by atoms with E-state index in [9.17, 15) is 4.79 Å². The highest BCUT2D eigenvalue weighted by molar-refractivity contribution is 7.98. The highest BCUT2D eigenvalue weighted by Crippen LogP contribution is 2.28. The minimum Gasteiger partial charge on any atom is -0.383 e. The van der Waals surface area contributed by atoms with Crippen LogP contribution in [0.4, 0.5) is 5.82 Å². The molecule has 0 radical (unpaired) electrons. The molecule has 0 saturated heterocycles. The van der Waals surface area contributed by atoms with Gasteiger partial charge in [-0.2, -0.15) is 0 Å². The Hall–Kier alpha value is -1.53. The third-order valence-electron chi connectivity index (χ3n) is 3.30. The highest BCUT2D eigenvalue weighted by atomic mass is 35.5. The lowest BCUT2D eigenvalue weighted by Gasteiger charge is -2.07. The number of halogens is 1. The summed E-state index contributed by atoms with van der Waals surface area (Å²) in [5, 5.41) is 1.18. The Balaban J connectivity index is 1.83. The number of nitrogens with two attached hydrogens (primary N) is 1. The molecule has 3 rings (SSSR count). The molecule has 0 unspecified atom stereocenters. The van der Waals surface area contributed by atoms with Crippen molar-refractivity contribution in [2.24, 2.45) is 0 Å². The summed E-state index contributed by atoms with van der Waals surface area (Å²) in [5.41, 5.74) is 8.29. The van der Waals surface area contributed by atoms with Crippen molar-refractivity contribution in [2.75, 3.05) is 5.73 Å². The maximum atomic E-state index is 11.9. The van der Waals surface area contributed by atoms with Crippen LogP contribution in [0.5, 0.6) is 0 Å². The number of H-pyrrole nitrogens is 1. The largest absolute Gasteiger partial charge is 0.383 e. The van der Waals surface area contributed by atoms with Crippen LogP contribution in [0.2, 0.25) is 5.02 Å². The van der Waals surface area contributed by atoms with Gasteiger partial charge in [-0.15, -0.1) is 0 Å². The number of thioether (sulfide) groups is 1. The van der Waals surface area contributed by atoms with Crippen molar-refractivity contribution in [1.82, 2.24) is 15.0 Å². The van der Waals surface area contributed by atoms with Crippen LogP contribution in [0, 0.1) is 0 Å². The molecular weight excluding hydrogens is 296 g/mol. The van der Waals surface area contributed by atoms with Gasteiger partial charge in [-0.05, 0) is 25.3 Å². The summed E-state index contributed by atoms with van der Waals surface area (Å²) >= 11 is 7.51. The summed E-state index contributed by atoms with van der Waals surface area (Å²) in [6.07, 6.45) is 4.27. The molecular formula is C13H13ClN4OS. The number of fused-ring (bicyclic) bond motifs is 1. The number of hydrogen-bond donors (Lipinski definition) is 2. The second kappa shape index (κ2) is 5.46. The number of nitrogens with one attached hydrogen (secondary N) is 1. The van der Waals surface area contributed by atoms with Gasteiger partial charge in [0, 0.05) is 28.1 Å². The number of rotatable bonds is 3. The Kier molecular flexibility index (Phi) is 3.67. The van der Waals surface area contributed by atoms with E-state index in [0.29, 0.717) is 21.7 Å². The van der Waals surface area contributed by atoms with E-state index in [0.717, 1.165) is 36.1 Å². The summed E-state index contributed by atoms with van der Waals surface area (Å²) in [6, 6.07) is 1.70. The van der Waals surface area contributed by atoms with Gasteiger partial charge < -0.3 is 10.7 Å². The van der Waals surface area contributed by atoms with E-state index >= 15 is 0 Å². The van der Waals surface area contributed by atoms with Crippen molar-refractivity contribution in [3.05, 3.63) is 44.5 Å². The second-order valence-electron chi connectivity index (χ2n) is 4.60. The number of aryl methyl sites for hydroxylation is 1. The van der Waals surface area contributed by atoms with Crippen LogP contribution >= 0.6 is 23.4 Å². The molecule has 0 aliphatic heterocycles.